The SMILES string of the molecule is O=C(Nc1ccccc1)C1CCN(C(=O)CN2CCCN(C(=O)c3ccsc3)CC2)CC1. The number of rotatable bonds is 5. The van der Waals surface area contributed by atoms with E-state index in [9.17, 15) is 14.4 Å². The van der Waals surface area contributed by atoms with Gasteiger partial charge >= 0.3 is 0 Å². The van der Waals surface area contributed by atoms with E-state index in [4.69, 9.17) is 0 Å². The first-order chi connectivity index (χ1) is 15.6. The van der Waals surface area contributed by atoms with Crippen LogP contribution in [0.3, 0.4) is 0 Å². The molecule has 0 spiro atoms. The van der Waals surface area contributed by atoms with Crippen molar-refractivity contribution in [3.05, 3.63) is 52.7 Å². The molecule has 3 heterocycles. The Morgan fingerprint density at radius 2 is 1.69 bits per heavy atom. The molecule has 2 aliphatic heterocycles. The summed E-state index contributed by atoms with van der Waals surface area (Å²) in [4.78, 5) is 43.9. The van der Waals surface area contributed by atoms with E-state index in [1.165, 1.54) is 11.3 Å². The van der Waals surface area contributed by atoms with Crippen LogP contribution in [0.1, 0.15) is 29.6 Å². The van der Waals surface area contributed by atoms with Crippen LogP contribution in [0.15, 0.2) is 47.2 Å². The van der Waals surface area contributed by atoms with Crippen LogP contribution in [-0.4, -0.2) is 78.2 Å². The lowest BCUT2D eigenvalue weighted by Gasteiger charge is -2.33. The molecule has 2 aliphatic rings. The Bertz CT molecular complexity index is 911. The highest BCUT2D eigenvalue weighted by molar-refractivity contribution is 7.08. The van der Waals surface area contributed by atoms with Crippen LogP contribution in [0.4, 0.5) is 5.69 Å². The summed E-state index contributed by atoms with van der Waals surface area (Å²) in [6.07, 6.45) is 2.24. The van der Waals surface area contributed by atoms with Gasteiger partial charge in [-0.15, -0.1) is 0 Å². The van der Waals surface area contributed by atoms with Crippen LogP contribution in [0, 0.1) is 5.92 Å². The number of nitrogens with zero attached hydrogens (tertiary/aromatic N) is 3. The smallest absolute Gasteiger partial charge is 0.254 e. The summed E-state index contributed by atoms with van der Waals surface area (Å²) in [7, 11) is 0. The summed E-state index contributed by atoms with van der Waals surface area (Å²) in [5.41, 5.74) is 1.56. The van der Waals surface area contributed by atoms with Crippen molar-refractivity contribution in [2.45, 2.75) is 19.3 Å². The third-order valence-electron chi connectivity index (χ3n) is 6.26. The van der Waals surface area contributed by atoms with E-state index >= 15 is 0 Å². The molecular formula is C24H30N4O3S. The topological polar surface area (TPSA) is 73.0 Å². The van der Waals surface area contributed by atoms with Crippen LogP contribution in [-0.2, 0) is 9.59 Å². The third kappa shape index (κ3) is 5.75. The van der Waals surface area contributed by atoms with Gasteiger partial charge in [0, 0.05) is 56.3 Å². The number of thiophene rings is 1. The second-order valence-electron chi connectivity index (χ2n) is 8.44. The maximum absolute atomic E-state index is 12.9. The molecule has 8 heteroatoms. The minimum Gasteiger partial charge on any atom is -0.342 e. The third-order valence-corrected chi connectivity index (χ3v) is 6.95. The molecule has 0 bridgehead atoms. The van der Waals surface area contributed by atoms with Crippen molar-refractivity contribution >= 4 is 34.7 Å². The van der Waals surface area contributed by atoms with E-state index in [1.54, 1.807) is 0 Å². The van der Waals surface area contributed by atoms with Crippen molar-refractivity contribution in [2.24, 2.45) is 5.92 Å². The number of piperidine rings is 1. The zero-order valence-corrected chi connectivity index (χ0v) is 19.1. The van der Waals surface area contributed by atoms with Crippen molar-refractivity contribution < 1.29 is 14.4 Å². The van der Waals surface area contributed by atoms with Crippen molar-refractivity contribution in [3.8, 4) is 0 Å². The van der Waals surface area contributed by atoms with Gasteiger partial charge in [0.2, 0.25) is 11.8 Å². The summed E-state index contributed by atoms with van der Waals surface area (Å²) in [6.45, 7) is 4.49. The van der Waals surface area contributed by atoms with E-state index in [2.05, 4.69) is 10.2 Å². The van der Waals surface area contributed by atoms with Gasteiger partial charge in [-0.25, -0.2) is 0 Å². The van der Waals surface area contributed by atoms with E-state index in [0.717, 1.165) is 30.8 Å². The minimum atomic E-state index is -0.0610. The van der Waals surface area contributed by atoms with Gasteiger partial charge in [-0.05, 0) is 42.8 Å². The quantitative estimate of drug-likeness (QED) is 0.754. The zero-order valence-electron chi connectivity index (χ0n) is 18.2. The Hall–Kier alpha value is -2.71. The van der Waals surface area contributed by atoms with E-state index in [0.29, 0.717) is 45.6 Å². The maximum atomic E-state index is 12.9. The average molecular weight is 455 g/mol. The number of nitrogens with one attached hydrogen (secondary N) is 1. The highest BCUT2D eigenvalue weighted by Crippen LogP contribution is 2.20. The number of hydrogen-bond acceptors (Lipinski definition) is 5. The minimum absolute atomic E-state index is 0.0335. The summed E-state index contributed by atoms with van der Waals surface area (Å²) < 4.78 is 0. The van der Waals surface area contributed by atoms with Crippen LogP contribution >= 0.6 is 11.3 Å². The summed E-state index contributed by atoms with van der Waals surface area (Å²) >= 11 is 1.53. The molecule has 2 fully saturated rings. The van der Waals surface area contributed by atoms with Crippen molar-refractivity contribution in [1.29, 1.82) is 0 Å². The Morgan fingerprint density at radius 3 is 2.41 bits per heavy atom. The predicted octanol–water partition coefficient (Wildman–Crippen LogP) is 2.77. The average Bonchev–Trinajstić information content (AvgIpc) is 3.26. The fourth-order valence-electron chi connectivity index (χ4n) is 4.35. The molecule has 4 rings (SSSR count). The van der Waals surface area contributed by atoms with Crippen molar-refractivity contribution in [1.82, 2.24) is 14.7 Å². The molecule has 0 unspecified atom stereocenters. The van der Waals surface area contributed by atoms with Gasteiger partial charge in [0.25, 0.3) is 5.91 Å². The molecule has 3 amide bonds. The molecule has 0 atom stereocenters. The number of anilines is 1. The lowest BCUT2D eigenvalue weighted by molar-refractivity contribution is -0.135. The van der Waals surface area contributed by atoms with E-state index in [1.807, 2.05) is 57.0 Å². The fourth-order valence-corrected chi connectivity index (χ4v) is 4.98. The largest absolute Gasteiger partial charge is 0.342 e. The lowest BCUT2D eigenvalue weighted by atomic mass is 9.95. The molecule has 170 valence electrons. The number of carbonyl (C=O) groups is 3. The Morgan fingerprint density at radius 1 is 0.906 bits per heavy atom. The lowest BCUT2D eigenvalue weighted by Crippen LogP contribution is -2.46. The van der Waals surface area contributed by atoms with Crippen LogP contribution in [0.2, 0.25) is 0 Å². The molecule has 1 aromatic heterocycles. The van der Waals surface area contributed by atoms with E-state index < -0.39 is 0 Å². The Labute approximate surface area is 193 Å². The van der Waals surface area contributed by atoms with Crippen molar-refractivity contribution in [2.75, 3.05) is 51.1 Å². The molecule has 0 aliphatic carbocycles. The Balaban J connectivity index is 1.21. The molecule has 2 saturated heterocycles. The molecule has 1 aromatic carbocycles. The van der Waals surface area contributed by atoms with Gasteiger partial charge in [-0.3, -0.25) is 19.3 Å². The number of benzene rings is 1. The summed E-state index contributed by atoms with van der Waals surface area (Å²) in [5, 5.41) is 6.78. The number of likely N-dealkylation sites (tertiary alicyclic amines) is 1. The molecule has 0 radical (unpaired) electrons. The highest BCUT2D eigenvalue weighted by atomic mass is 32.1. The van der Waals surface area contributed by atoms with Gasteiger partial charge in [0.05, 0.1) is 12.1 Å². The number of carbonyl (C=O) groups excluding carboxylic acids is 3. The first kappa shape index (κ1) is 22.5. The number of amides is 3. The second kappa shape index (κ2) is 10.7. The highest BCUT2D eigenvalue weighted by Gasteiger charge is 2.29. The Kier molecular flexibility index (Phi) is 7.55. The van der Waals surface area contributed by atoms with Crippen LogP contribution in [0.25, 0.3) is 0 Å². The standard InChI is InChI=1S/C24H30N4O3S/c29-22(17-26-10-4-11-28(15-14-26)24(31)20-9-16-32-18-20)27-12-7-19(8-13-27)23(30)25-21-5-2-1-3-6-21/h1-3,5-6,9,16,18-19H,4,7-8,10-15,17H2,(H,25,30). The first-order valence-corrected chi connectivity index (χ1v) is 12.2. The number of hydrogen-bond donors (Lipinski definition) is 1. The normalized spacial score (nSPS) is 18.2. The van der Waals surface area contributed by atoms with E-state index in [-0.39, 0.29) is 23.6 Å². The fraction of sp³-hybridized carbons (Fsp3) is 0.458. The van der Waals surface area contributed by atoms with Crippen LogP contribution in [0.5, 0.6) is 0 Å². The second-order valence-corrected chi connectivity index (χ2v) is 9.22. The van der Waals surface area contributed by atoms with Gasteiger partial charge < -0.3 is 15.1 Å². The molecule has 0 saturated carbocycles. The summed E-state index contributed by atoms with van der Waals surface area (Å²) in [6, 6.07) is 11.3. The zero-order chi connectivity index (χ0) is 22.3. The molecular weight excluding hydrogens is 424 g/mol. The van der Waals surface area contributed by atoms with Gasteiger partial charge in [0.1, 0.15) is 0 Å². The molecule has 2 aromatic rings. The van der Waals surface area contributed by atoms with Crippen molar-refractivity contribution in [3.63, 3.8) is 0 Å². The molecule has 32 heavy (non-hydrogen) atoms. The summed E-state index contributed by atoms with van der Waals surface area (Å²) in [5.74, 6) is 0.167. The van der Waals surface area contributed by atoms with Gasteiger partial charge in [-0.2, -0.15) is 11.3 Å². The predicted molar refractivity (Wildman–Crippen MR) is 126 cm³/mol. The monoisotopic (exact) mass is 454 g/mol. The maximum Gasteiger partial charge on any atom is 0.254 e. The molecule has 7 nitrogen and oxygen atoms in total. The molecule has 1 N–H and O–H groups in total. The van der Waals surface area contributed by atoms with Gasteiger partial charge in [0.15, 0.2) is 0 Å². The van der Waals surface area contributed by atoms with Crippen LogP contribution < -0.4 is 5.32 Å². The van der Waals surface area contributed by atoms with Gasteiger partial charge in [-0.1, -0.05) is 18.2 Å². The number of para-hydroxylation sites is 1. The first-order valence-electron chi connectivity index (χ1n) is 11.3.